The largest absolute Gasteiger partial charge is 0.511 e. The molecule has 0 atom stereocenters. The van der Waals surface area contributed by atoms with Crippen LogP contribution in [0.3, 0.4) is 0 Å². The number of halogens is 2. The van der Waals surface area contributed by atoms with Gasteiger partial charge in [-0.1, -0.05) is 60.4 Å². The Hall–Kier alpha value is -3.94. The fourth-order valence-electron chi connectivity index (χ4n) is 4.73. The second-order valence-electron chi connectivity index (χ2n) is 9.59. The number of benzene rings is 3. The van der Waals surface area contributed by atoms with E-state index >= 15 is 0 Å². The first kappa shape index (κ1) is 26.7. The molecule has 2 heterocycles. The molecule has 200 valence electrons. The highest BCUT2D eigenvalue weighted by molar-refractivity contribution is 6.39. The average molecular weight is 565 g/mol. The van der Waals surface area contributed by atoms with Gasteiger partial charge in [0.05, 0.1) is 21.1 Å². The Balaban J connectivity index is 1.43. The third kappa shape index (κ3) is 5.20. The van der Waals surface area contributed by atoms with Crippen molar-refractivity contribution in [2.75, 3.05) is 0 Å². The third-order valence-corrected chi connectivity index (χ3v) is 7.22. The summed E-state index contributed by atoms with van der Waals surface area (Å²) in [7, 11) is 1.85. The first-order chi connectivity index (χ1) is 18.6. The second kappa shape index (κ2) is 10.7. The molecule has 5 aromatic rings. The van der Waals surface area contributed by atoms with Gasteiger partial charge in [0.2, 0.25) is 0 Å². The van der Waals surface area contributed by atoms with Crippen molar-refractivity contribution in [1.82, 2.24) is 9.72 Å². The molecule has 0 spiro atoms. The van der Waals surface area contributed by atoms with Gasteiger partial charge in [0.25, 0.3) is 0 Å². The summed E-state index contributed by atoms with van der Waals surface area (Å²) in [5.74, 6) is 1.81. The Morgan fingerprint density at radius 1 is 1.10 bits per heavy atom. The van der Waals surface area contributed by atoms with Crippen LogP contribution in [0.4, 0.5) is 4.79 Å². The summed E-state index contributed by atoms with van der Waals surface area (Å²) in [5.41, 5.74) is 5.90. The number of hydrogen-bond donors (Lipinski definition) is 1. The van der Waals surface area contributed by atoms with E-state index in [9.17, 15) is 4.79 Å². The monoisotopic (exact) mass is 564 g/mol. The minimum atomic E-state index is -1.34. The van der Waals surface area contributed by atoms with Crippen molar-refractivity contribution in [3.05, 3.63) is 87.7 Å². The lowest BCUT2D eigenvalue weighted by molar-refractivity contribution is 0.145. The SMILES string of the molecule is Cc1cc(OCc2c(-c3c(Cl)cccc3Cl)noc2C(C)C)ccc1-c1ccc2c(OC(=O)O)cn(C)c2c1. The van der Waals surface area contributed by atoms with E-state index in [0.29, 0.717) is 32.8 Å². The summed E-state index contributed by atoms with van der Waals surface area (Å²) >= 11 is 12.9. The normalized spacial score (nSPS) is 11.4. The molecule has 0 fully saturated rings. The topological polar surface area (TPSA) is 86.7 Å². The second-order valence-corrected chi connectivity index (χ2v) is 10.4. The quantitative estimate of drug-likeness (QED) is 0.198. The van der Waals surface area contributed by atoms with Gasteiger partial charge in [-0.15, -0.1) is 0 Å². The zero-order valence-corrected chi connectivity index (χ0v) is 23.3. The molecular weight excluding hydrogens is 539 g/mol. The van der Waals surface area contributed by atoms with Gasteiger partial charge in [0.15, 0.2) is 5.75 Å². The van der Waals surface area contributed by atoms with Crippen LogP contribution in [0.15, 0.2) is 65.3 Å². The molecule has 9 heteroatoms. The van der Waals surface area contributed by atoms with Crippen LogP contribution in [0, 0.1) is 6.92 Å². The molecule has 7 nitrogen and oxygen atoms in total. The van der Waals surface area contributed by atoms with Crippen molar-refractivity contribution in [1.29, 1.82) is 0 Å². The number of carbonyl (C=O) groups is 1. The molecule has 0 saturated heterocycles. The van der Waals surface area contributed by atoms with Crippen molar-refractivity contribution in [3.8, 4) is 33.9 Å². The highest BCUT2D eigenvalue weighted by Crippen LogP contribution is 2.39. The smallest absolute Gasteiger partial charge is 0.489 e. The van der Waals surface area contributed by atoms with Crippen LogP contribution in [-0.4, -0.2) is 21.0 Å². The molecule has 5 rings (SSSR count). The number of ether oxygens (including phenoxy) is 2. The maximum atomic E-state index is 11.0. The van der Waals surface area contributed by atoms with Crippen LogP contribution in [0.2, 0.25) is 10.0 Å². The number of hydrogen-bond acceptors (Lipinski definition) is 5. The number of rotatable bonds is 7. The van der Waals surface area contributed by atoms with E-state index in [-0.39, 0.29) is 12.5 Å². The van der Waals surface area contributed by atoms with Gasteiger partial charge >= 0.3 is 6.16 Å². The summed E-state index contributed by atoms with van der Waals surface area (Å²) in [5, 5.41) is 15.0. The van der Waals surface area contributed by atoms with E-state index in [1.165, 1.54) is 0 Å². The number of nitrogens with zero attached hydrogens (tertiary/aromatic N) is 2. The van der Waals surface area contributed by atoms with Gasteiger partial charge in [-0.05, 0) is 60.0 Å². The van der Waals surface area contributed by atoms with Crippen LogP contribution in [-0.2, 0) is 13.7 Å². The molecule has 0 aliphatic rings. The Morgan fingerprint density at radius 3 is 2.51 bits per heavy atom. The first-order valence-corrected chi connectivity index (χ1v) is 13.1. The predicted molar refractivity (Wildman–Crippen MR) is 152 cm³/mol. The lowest BCUT2D eigenvalue weighted by atomic mass is 9.99. The fraction of sp³-hybridized carbons (Fsp3) is 0.200. The van der Waals surface area contributed by atoms with E-state index in [1.54, 1.807) is 24.4 Å². The molecule has 0 aliphatic carbocycles. The van der Waals surface area contributed by atoms with Crippen LogP contribution < -0.4 is 9.47 Å². The molecule has 1 N–H and O–H groups in total. The van der Waals surface area contributed by atoms with Gasteiger partial charge in [0.1, 0.15) is 23.8 Å². The van der Waals surface area contributed by atoms with Crippen molar-refractivity contribution < 1.29 is 23.9 Å². The summed E-state index contributed by atoms with van der Waals surface area (Å²) in [6.07, 6.45) is 0.318. The Labute approximate surface area is 235 Å². The Kier molecular flexibility index (Phi) is 7.30. The molecule has 0 radical (unpaired) electrons. The van der Waals surface area contributed by atoms with Crippen molar-refractivity contribution in [2.45, 2.75) is 33.3 Å². The molecule has 0 saturated carbocycles. The van der Waals surface area contributed by atoms with E-state index in [0.717, 1.165) is 38.9 Å². The zero-order valence-electron chi connectivity index (χ0n) is 21.8. The van der Waals surface area contributed by atoms with Crippen molar-refractivity contribution in [3.63, 3.8) is 0 Å². The average Bonchev–Trinajstić information content (AvgIpc) is 3.43. The molecular formula is C30H26Cl2N2O5. The molecule has 0 aliphatic heterocycles. The molecule has 2 aromatic heterocycles. The number of aromatic nitrogens is 2. The lowest BCUT2D eigenvalue weighted by Gasteiger charge is -2.13. The van der Waals surface area contributed by atoms with Crippen molar-refractivity contribution >= 4 is 40.3 Å². The van der Waals surface area contributed by atoms with Gasteiger partial charge in [-0.3, -0.25) is 0 Å². The van der Waals surface area contributed by atoms with Crippen molar-refractivity contribution in [2.24, 2.45) is 7.05 Å². The van der Waals surface area contributed by atoms with Gasteiger partial charge in [0, 0.05) is 30.1 Å². The zero-order chi connectivity index (χ0) is 27.8. The van der Waals surface area contributed by atoms with Gasteiger partial charge in [-0.25, -0.2) is 4.79 Å². The number of fused-ring (bicyclic) bond motifs is 1. The fourth-order valence-corrected chi connectivity index (χ4v) is 5.31. The predicted octanol–water partition coefficient (Wildman–Crippen LogP) is 8.87. The van der Waals surface area contributed by atoms with Crippen LogP contribution >= 0.6 is 23.2 Å². The van der Waals surface area contributed by atoms with Gasteiger partial charge < -0.3 is 23.7 Å². The first-order valence-electron chi connectivity index (χ1n) is 12.3. The summed E-state index contributed by atoms with van der Waals surface area (Å²) < 4.78 is 18.7. The number of aryl methyl sites for hydroxylation is 2. The molecule has 0 unspecified atom stereocenters. The maximum absolute atomic E-state index is 11.0. The minimum absolute atomic E-state index is 0.0871. The lowest BCUT2D eigenvalue weighted by Crippen LogP contribution is -2.02. The van der Waals surface area contributed by atoms with E-state index in [2.05, 4.69) is 5.16 Å². The highest BCUT2D eigenvalue weighted by Gasteiger charge is 2.24. The number of carboxylic acid groups (broad SMARTS) is 1. The standard InChI is InChI=1S/C30H26Cl2N2O5/c1-16(2)29-22(28(33-39-29)27-23(31)6-5-7-24(27)32)15-37-19-9-11-20(17(3)12-19)18-8-10-21-25(13-18)34(4)14-26(21)38-30(35)36/h5-14,16H,15H2,1-4H3,(H,35,36). The summed E-state index contributed by atoms with van der Waals surface area (Å²) in [6, 6.07) is 17.1. The minimum Gasteiger partial charge on any atom is -0.489 e. The summed E-state index contributed by atoms with van der Waals surface area (Å²) in [4.78, 5) is 11.0. The highest BCUT2D eigenvalue weighted by atomic mass is 35.5. The molecule has 0 amide bonds. The summed E-state index contributed by atoms with van der Waals surface area (Å²) in [6.45, 7) is 6.31. The molecule has 39 heavy (non-hydrogen) atoms. The van der Waals surface area contributed by atoms with E-state index < -0.39 is 6.16 Å². The van der Waals surface area contributed by atoms with E-state index in [1.807, 2.05) is 68.8 Å². The molecule has 3 aromatic carbocycles. The van der Waals surface area contributed by atoms with Gasteiger partial charge in [-0.2, -0.15) is 0 Å². The maximum Gasteiger partial charge on any atom is 0.511 e. The Morgan fingerprint density at radius 2 is 1.85 bits per heavy atom. The molecule has 0 bridgehead atoms. The van der Waals surface area contributed by atoms with Crippen LogP contribution in [0.25, 0.3) is 33.3 Å². The Bertz CT molecular complexity index is 1680. The van der Waals surface area contributed by atoms with E-state index in [4.69, 9.17) is 42.3 Å². The van der Waals surface area contributed by atoms with Crippen LogP contribution in [0.1, 0.15) is 36.7 Å². The third-order valence-electron chi connectivity index (χ3n) is 6.59. The van der Waals surface area contributed by atoms with Crippen LogP contribution in [0.5, 0.6) is 11.5 Å².